The minimum Gasteiger partial charge on any atom is -0.344 e. The quantitative estimate of drug-likeness (QED) is 0.316. The molecule has 0 fully saturated rings. The summed E-state index contributed by atoms with van der Waals surface area (Å²) in [4.78, 5) is 16.8. The SMILES string of the molecule is CCN(C)C(=O)CN=C(NC#N)SC. The molecule has 6 heteroatoms. The van der Waals surface area contributed by atoms with E-state index in [9.17, 15) is 4.79 Å². The monoisotopic (exact) mass is 214 g/mol. The number of rotatable bonds is 3. The van der Waals surface area contributed by atoms with Crippen LogP contribution in [-0.4, -0.2) is 42.4 Å². The van der Waals surface area contributed by atoms with Gasteiger partial charge in [0, 0.05) is 13.6 Å². The molecule has 0 spiro atoms. The lowest BCUT2D eigenvalue weighted by Crippen LogP contribution is -2.29. The van der Waals surface area contributed by atoms with E-state index in [0.717, 1.165) is 0 Å². The average molecular weight is 214 g/mol. The van der Waals surface area contributed by atoms with Crippen LogP contribution in [-0.2, 0) is 4.79 Å². The minimum absolute atomic E-state index is 0.0567. The molecule has 0 heterocycles. The maximum absolute atomic E-state index is 11.3. The molecule has 0 radical (unpaired) electrons. The highest BCUT2D eigenvalue weighted by molar-refractivity contribution is 8.13. The van der Waals surface area contributed by atoms with E-state index in [1.807, 2.05) is 6.92 Å². The number of carbonyl (C=O) groups excluding carboxylic acids is 1. The number of likely N-dealkylation sites (N-methyl/N-ethyl adjacent to an activating group) is 1. The summed E-state index contributed by atoms with van der Waals surface area (Å²) in [5, 5.41) is 11.2. The molecule has 0 saturated carbocycles. The Morgan fingerprint density at radius 2 is 2.36 bits per heavy atom. The van der Waals surface area contributed by atoms with Gasteiger partial charge in [-0.1, -0.05) is 11.8 Å². The first kappa shape index (κ1) is 12.8. The van der Waals surface area contributed by atoms with Crippen molar-refractivity contribution in [2.75, 3.05) is 26.4 Å². The number of amidine groups is 1. The molecule has 0 aliphatic heterocycles. The Kier molecular flexibility index (Phi) is 6.58. The number of hydrogen-bond donors (Lipinski definition) is 1. The molecule has 1 N–H and O–H groups in total. The lowest BCUT2D eigenvalue weighted by molar-refractivity contribution is -0.128. The summed E-state index contributed by atoms with van der Waals surface area (Å²) in [7, 11) is 1.72. The van der Waals surface area contributed by atoms with Crippen LogP contribution in [0.4, 0.5) is 0 Å². The molecule has 0 bridgehead atoms. The van der Waals surface area contributed by atoms with Gasteiger partial charge in [0.15, 0.2) is 11.4 Å². The molecule has 0 aliphatic carbocycles. The van der Waals surface area contributed by atoms with Crippen molar-refractivity contribution in [3.63, 3.8) is 0 Å². The summed E-state index contributed by atoms with van der Waals surface area (Å²) in [5.74, 6) is -0.0567. The van der Waals surface area contributed by atoms with E-state index in [2.05, 4.69) is 10.3 Å². The third-order valence-corrected chi connectivity index (χ3v) is 2.23. The summed E-state index contributed by atoms with van der Waals surface area (Å²) in [6, 6.07) is 0. The number of nitrogens with one attached hydrogen (secondary N) is 1. The van der Waals surface area contributed by atoms with Crippen LogP contribution in [0.1, 0.15) is 6.92 Å². The lowest BCUT2D eigenvalue weighted by atomic mass is 10.5. The molecular weight excluding hydrogens is 200 g/mol. The van der Waals surface area contributed by atoms with Crippen LogP contribution >= 0.6 is 11.8 Å². The van der Waals surface area contributed by atoms with E-state index in [1.165, 1.54) is 11.8 Å². The fourth-order valence-corrected chi connectivity index (χ4v) is 0.981. The second-order valence-electron chi connectivity index (χ2n) is 2.47. The van der Waals surface area contributed by atoms with Crippen LogP contribution in [0.3, 0.4) is 0 Å². The Hall–Kier alpha value is -1.22. The minimum atomic E-state index is -0.0567. The fraction of sp³-hybridized carbons (Fsp3) is 0.625. The highest BCUT2D eigenvalue weighted by atomic mass is 32.2. The normalized spacial score (nSPS) is 10.6. The van der Waals surface area contributed by atoms with Crippen LogP contribution in [0.15, 0.2) is 4.99 Å². The van der Waals surface area contributed by atoms with Gasteiger partial charge in [0.1, 0.15) is 6.54 Å². The summed E-state index contributed by atoms with van der Waals surface area (Å²) in [6.07, 6.45) is 3.55. The average Bonchev–Trinajstić information content (AvgIpc) is 2.22. The van der Waals surface area contributed by atoms with E-state index in [0.29, 0.717) is 11.7 Å². The summed E-state index contributed by atoms with van der Waals surface area (Å²) >= 11 is 1.30. The molecule has 0 aromatic carbocycles. The number of amides is 1. The highest BCUT2D eigenvalue weighted by Crippen LogP contribution is 1.95. The predicted molar refractivity (Wildman–Crippen MR) is 57.9 cm³/mol. The molecule has 0 unspecified atom stereocenters. The number of nitrogens with zero attached hydrogens (tertiary/aromatic N) is 3. The molecule has 1 amide bonds. The standard InChI is InChI=1S/C8H14N4OS/c1-4-12(2)7(13)5-10-8(14-3)11-6-9/h4-5H2,1-3H3,(H,10,11). The zero-order valence-electron chi connectivity index (χ0n) is 8.57. The molecule has 14 heavy (non-hydrogen) atoms. The summed E-state index contributed by atoms with van der Waals surface area (Å²) < 4.78 is 0. The smallest absolute Gasteiger partial charge is 0.244 e. The molecule has 5 nitrogen and oxygen atoms in total. The Labute approximate surface area is 88.2 Å². The topological polar surface area (TPSA) is 68.5 Å². The van der Waals surface area contributed by atoms with Gasteiger partial charge in [0.05, 0.1) is 0 Å². The van der Waals surface area contributed by atoms with Crippen LogP contribution < -0.4 is 5.32 Å². The van der Waals surface area contributed by atoms with Crippen LogP contribution in [0.5, 0.6) is 0 Å². The first-order valence-electron chi connectivity index (χ1n) is 4.13. The van der Waals surface area contributed by atoms with Crippen LogP contribution in [0, 0.1) is 11.5 Å². The maximum Gasteiger partial charge on any atom is 0.244 e. The van der Waals surface area contributed by atoms with Gasteiger partial charge in [0.2, 0.25) is 5.91 Å². The Morgan fingerprint density at radius 3 is 2.79 bits per heavy atom. The van der Waals surface area contributed by atoms with Gasteiger partial charge in [-0.05, 0) is 13.2 Å². The number of hydrogen-bond acceptors (Lipinski definition) is 4. The molecule has 78 valence electrons. The van der Waals surface area contributed by atoms with Crippen molar-refractivity contribution >= 4 is 22.8 Å². The maximum atomic E-state index is 11.3. The van der Waals surface area contributed by atoms with Gasteiger partial charge >= 0.3 is 0 Å². The highest BCUT2D eigenvalue weighted by Gasteiger charge is 2.05. The molecule has 0 atom stereocenters. The number of carbonyl (C=O) groups is 1. The van der Waals surface area contributed by atoms with E-state index < -0.39 is 0 Å². The van der Waals surface area contributed by atoms with Crippen molar-refractivity contribution in [2.45, 2.75) is 6.92 Å². The van der Waals surface area contributed by atoms with Gasteiger partial charge in [-0.15, -0.1) is 0 Å². The molecule has 0 aromatic heterocycles. The Balaban J connectivity index is 4.12. The van der Waals surface area contributed by atoms with E-state index in [4.69, 9.17) is 5.26 Å². The fourth-order valence-electron chi connectivity index (χ4n) is 0.639. The third kappa shape index (κ3) is 4.72. The van der Waals surface area contributed by atoms with Crippen molar-refractivity contribution in [3.05, 3.63) is 0 Å². The molecule has 0 aliphatic rings. The number of nitriles is 1. The van der Waals surface area contributed by atoms with E-state index in [-0.39, 0.29) is 12.5 Å². The van der Waals surface area contributed by atoms with Crippen molar-refractivity contribution < 1.29 is 4.79 Å². The van der Waals surface area contributed by atoms with Crippen molar-refractivity contribution in [1.29, 1.82) is 5.26 Å². The second-order valence-corrected chi connectivity index (χ2v) is 3.27. The molecule has 0 saturated heterocycles. The van der Waals surface area contributed by atoms with Crippen molar-refractivity contribution in [1.82, 2.24) is 10.2 Å². The van der Waals surface area contributed by atoms with Crippen molar-refractivity contribution in [3.8, 4) is 6.19 Å². The molecular formula is C8H14N4OS. The largest absolute Gasteiger partial charge is 0.344 e. The second kappa shape index (κ2) is 7.21. The predicted octanol–water partition coefficient (Wildman–Crippen LogP) is 0.254. The molecule has 0 rings (SSSR count). The number of thioether (sulfide) groups is 1. The first-order chi connectivity index (χ1) is 6.65. The van der Waals surface area contributed by atoms with Gasteiger partial charge in [0.25, 0.3) is 0 Å². The van der Waals surface area contributed by atoms with Crippen LogP contribution in [0.2, 0.25) is 0 Å². The van der Waals surface area contributed by atoms with Gasteiger partial charge in [-0.2, -0.15) is 5.26 Å². The Morgan fingerprint density at radius 1 is 1.71 bits per heavy atom. The third-order valence-electron chi connectivity index (χ3n) is 1.61. The zero-order chi connectivity index (χ0) is 11.0. The first-order valence-corrected chi connectivity index (χ1v) is 5.35. The summed E-state index contributed by atoms with van der Waals surface area (Å²) in [5.41, 5.74) is 0. The van der Waals surface area contributed by atoms with Gasteiger partial charge < -0.3 is 4.90 Å². The molecule has 0 aromatic rings. The van der Waals surface area contributed by atoms with Crippen LogP contribution in [0.25, 0.3) is 0 Å². The van der Waals surface area contributed by atoms with Gasteiger partial charge in [-0.25, -0.2) is 0 Å². The van der Waals surface area contributed by atoms with E-state index >= 15 is 0 Å². The summed E-state index contributed by atoms with van der Waals surface area (Å²) in [6.45, 7) is 2.63. The number of aliphatic imine (C=N–C) groups is 1. The lowest BCUT2D eigenvalue weighted by Gasteiger charge is -2.12. The van der Waals surface area contributed by atoms with E-state index in [1.54, 1.807) is 24.4 Å². The van der Waals surface area contributed by atoms with Gasteiger partial charge in [-0.3, -0.25) is 15.1 Å². The Bertz CT molecular complexity index is 259. The van der Waals surface area contributed by atoms with Crippen molar-refractivity contribution in [2.24, 2.45) is 4.99 Å². The zero-order valence-corrected chi connectivity index (χ0v) is 9.39.